The van der Waals surface area contributed by atoms with E-state index in [0.717, 1.165) is 12.2 Å². The van der Waals surface area contributed by atoms with E-state index in [1.54, 1.807) is 0 Å². The van der Waals surface area contributed by atoms with Crippen molar-refractivity contribution in [3.05, 3.63) is 28.8 Å². The molecule has 68 valence electrons. The molecular weight excluding hydrogens is 178 g/mol. The van der Waals surface area contributed by atoms with Crippen LogP contribution < -0.4 is 0 Å². The average molecular weight is 184 g/mol. The van der Waals surface area contributed by atoms with Gasteiger partial charge in [-0.3, -0.25) is 0 Å². The van der Waals surface area contributed by atoms with Crippen molar-refractivity contribution >= 4 is 11.9 Å². The maximum Gasteiger partial charge on any atom is 0.405 e. The number of hydrogen-bond acceptors (Lipinski definition) is 3. The van der Waals surface area contributed by atoms with Gasteiger partial charge in [0.1, 0.15) is 0 Å². The molecule has 1 heterocycles. The van der Waals surface area contributed by atoms with E-state index < -0.39 is 23.7 Å². The van der Waals surface area contributed by atoms with Crippen LogP contribution in [-0.2, 0) is 9.59 Å². The molecule has 0 bridgehead atoms. The van der Waals surface area contributed by atoms with Gasteiger partial charge in [0.25, 0.3) is 0 Å². The van der Waals surface area contributed by atoms with Crippen LogP contribution in [-0.4, -0.2) is 33.0 Å². The third kappa shape index (κ3) is 1.61. The SMILES string of the molecule is O=C(O)C1=CC=CC(C(=O)O)[N+]1=O. The molecule has 0 saturated carbocycles. The van der Waals surface area contributed by atoms with E-state index in [-0.39, 0.29) is 4.76 Å². The van der Waals surface area contributed by atoms with Gasteiger partial charge in [-0.15, -0.1) is 0 Å². The van der Waals surface area contributed by atoms with E-state index in [1.165, 1.54) is 6.08 Å². The normalized spacial score (nSPS) is 21.1. The van der Waals surface area contributed by atoms with Gasteiger partial charge in [-0.2, -0.15) is 0 Å². The van der Waals surface area contributed by atoms with Gasteiger partial charge in [-0.25, -0.2) is 9.59 Å². The van der Waals surface area contributed by atoms with Gasteiger partial charge in [0.2, 0.25) is 0 Å². The van der Waals surface area contributed by atoms with Crippen LogP contribution in [0.4, 0.5) is 0 Å². The molecule has 6 nitrogen and oxygen atoms in total. The molecule has 13 heavy (non-hydrogen) atoms. The topological polar surface area (TPSA) is 94.7 Å². The minimum atomic E-state index is -1.45. The van der Waals surface area contributed by atoms with Crippen molar-refractivity contribution in [2.45, 2.75) is 6.04 Å². The summed E-state index contributed by atoms with van der Waals surface area (Å²) < 4.78 is -0.0509. The summed E-state index contributed by atoms with van der Waals surface area (Å²) >= 11 is 0. The third-order valence-corrected chi connectivity index (χ3v) is 1.51. The molecule has 1 aliphatic rings. The highest BCUT2D eigenvalue weighted by Crippen LogP contribution is 2.10. The lowest BCUT2D eigenvalue weighted by molar-refractivity contribution is -0.512. The number of rotatable bonds is 2. The van der Waals surface area contributed by atoms with E-state index in [2.05, 4.69) is 0 Å². The molecule has 0 aromatic rings. The summed E-state index contributed by atoms with van der Waals surface area (Å²) in [5.74, 6) is -2.82. The molecule has 0 aliphatic carbocycles. The van der Waals surface area contributed by atoms with E-state index >= 15 is 0 Å². The fourth-order valence-electron chi connectivity index (χ4n) is 0.902. The fourth-order valence-corrected chi connectivity index (χ4v) is 0.902. The van der Waals surface area contributed by atoms with Crippen LogP contribution in [0, 0.1) is 4.91 Å². The van der Waals surface area contributed by atoms with E-state index in [9.17, 15) is 14.5 Å². The Kier molecular flexibility index (Phi) is 2.23. The predicted octanol–water partition coefficient (Wildman–Crippen LogP) is -0.243. The Labute approximate surface area is 72.4 Å². The van der Waals surface area contributed by atoms with Gasteiger partial charge < -0.3 is 10.2 Å². The number of carboxylic acids is 2. The number of carboxylic acid groups (broad SMARTS) is 2. The first-order valence-corrected chi connectivity index (χ1v) is 3.35. The molecule has 6 heteroatoms. The maximum atomic E-state index is 11.0. The van der Waals surface area contributed by atoms with Crippen LogP contribution in [0.2, 0.25) is 0 Å². The van der Waals surface area contributed by atoms with Crippen LogP contribution in [0.15, 0.2) is 23.9 Å². The average Bonchev–Trinajstić information content (AvgIpc) is 2.03. The lowest BCUT2D eigenvalue weighted by Crippen LogP contribution is -2.34. The molecular formula is C7H6NO5+. The molecule has 0 spiro atoms. The Morgan fingerprint density at radius 2 is 2.00 bits per heavy atom. The highest BCUT2D eigenvalue weighted by Gasteiger charge is 2.39. The second-order valence-electron chi connectivity index (χ2n) is 2.35. The monoisotopic (exact) mass is 184 g/mol. The predicted molar refractivity (Wildman–Crippen MR) is 39.9 cm³/mol. The number of nitroso groups, excluding NO2 is 1. The quantitative estimate of drug-likeness (QED) is 0.577. The number of carbonyl (C=O) groups is 2. The number of allylic oxidation sites excluding steroid dienone is 2. The molecule has 1 unspecified atom stereocenters. The Morgan fingerprint density at radius 3 is 2.46 bits per heavy atom. The first-order valence-electron chi connectivity index (χ1n) is 3.35. The molecule has 0 saturated heterocycles. The second kappa shape index (κ2) is 3.18. The molecule has 1 atom stereocenters. The molecule has 0 aromatic heterocycles. The second-order valence-corrected chi connectivity index (χ2v) is 2.35. The van der Waals surface area contributed by atoms with Crippen molar-refractivity contribution in [2.75, 3.05) is 0 Å². The molecule has 0 fully saturated rings. The molecule has 1 aliphatic heterocycles. The standard InChI is InChI=1S/C7H5NO5/c9-6(10)4-2-1-3-5(7(11)12)8(4)13/h1-4H,(H-,9,10,11,12)/p+1. The third-order valence-electron chi connectivity index (χ3n) is 1.51. The van der Waals surface area contributed by atoms with Crippen LogP contribution in [0.25, 0.3) is 0 Å². The zero-order valence-corrected chi connectivity index (χ0v) is 6.38. The van der Waals surface area contributed by atoms with Crippen molar-refractivity contribution in [3.8, 4) is 0 Å². The Bertz CT molecular complexity index is 341. The highest BCUT2D eigenvalue weighted by atomic mass is 16.4. The molecule has 0 aromatic carbocycles. The Balaban J connectivity index is 3.00. The Morgan fingerprint density at radius 1 is 1.38 bits per heavy atom. The van der Waals surface area contributed by atoms with Crippen LogP contribution in [0.3, 0.4) is 0 Å². The molecule has 0 amide bonds. The minimum Gasteiger partial charge on any atom is -0.476 e. The summed E-state index contributed by atoms with van der Waals surface area (Å²) in [6, 6.07) is -1.45. The van der Waals surface area contributed by atoms with E-state index in [4.69, 9.17) is 10.2 Å². The molecule has 0 radical (unpaired) electrons. The zero-order chi connectivity index (χ0) is 10.0. The van der Waals surface area contributed by atoms with E-state index in [0.29, 0.717) is 0 Å². The molecule has 1 rings (SSSR count). The lowest BCUT2D eigenvalue weighted by Gasteiger charge is -2.02. The minimum absolute atomic E-state index is 0.0509. The largest absolute Gasteiger partial charge is 0.476 e. The van der Waals surface area contributed by atoms with Gasteiger partial charge >= 0.3 is 23.7 Å². The number of hydrogen-bond donors (Lipinski definition) is 2. The number of nitrogens with zero attached hydrogens (tertiary/aromatic N) is 1. The van der Waals surface area contributed by atoms with Crippen LogP contribution >= 0.6 is 0 Å². The van der Waals surface area contributed by atoms with Gasteiger partial charge in [0, 0.05) is 11.0 Å². The van der Waals surface area contributed by atoms with Gasteiger partial charge in [0.15, 0.2) is 0 Å². The summed E-state index contributed by atoms with van der Waals surface area (Å²) in [6.07, 6.45) is 3.40. The first kappa shape index (κ1) is 9.11. The first-order chi connectivity index (χ1) is 6.04. The van der Waals surface area contributed by atoms with Crippen LogP contribution in [0.1, 0.15) is 0 Å². The van der Waals surface area contributed by atoms with Crippen molar-refractivity contribution in [1.82, 2.24) is 0 Å². The summed E-state index contributed by atoms with van der Waals surface area (Å²) in [6.45, 7) is 0. The summed E-state index contributed by atoms with van der Waals surface area (Å²) in [5, 5.41) is 17.0. The number of aliphatic carboxylic acids is 2. The smallest absolute Gasteiger partial charge is 0.405 e. The molecule has 2 N–H and O–H groups in total. The zero-order valence-electron chi connectivity index (χ0n) is 6.38. The Hall–Kier alpha value is -1.98. The summed E-state index contributed by atoms with van der Waals surface area (Å²) in [5.41, 5.74) is -0.574. The van der Waals surface area contributed by atoms with Crippen molar-refractivity contribution in [1.29, 1.82) is 0 Å². The van der Waals surface area contributed by atoms with Crippen molar-refractivity contribution < 1.29 is 24.6 Å². The summed E-state index contributed by atoms with van der Waals surface area (Å²) in [4.78, 5) is 31.9. The van der Waals surface area contributed by atoms with Gasteiger partial charge in [-0.05, 0) is 6.08 Å². The van der Waals surface area contributed by atoms with Gasteiger partial charge in [0.05, 0.1) is 4.76 Å². The fraction of sp³-hybridized carbons (Fsp3) is 0.143. The highest BCUT2D eigenvalue weighted by molar-refractivity contribution is 5.85. The van der Waals surface area contributed by atoms with Crippen LogP contribution in [0.5, 0.6) is 0 Å². The van der Waals surface area contributed by atoms with E-state index in [1.807, 2.05) is 0 Å². The van der Waals surface area contributed by atoms with Gasteiger partial charge in [-0.1, -0.05) is 6.08 Å². The van der Waals surface area contributed by atoms with Crippen molar-refractivity contribution in [2.24, 2.45) is 0 Å². The maximum absolute atomic E-state index is 11.0. The summed E-state index contributed by atoms with van der Waals surface area (Å²) in [7, 11) is 0. The van der Waals surface area contributed by atoms with Crippen molar-refractivity contribution in [3.63, 3.8) is 0 Å². The lowest BCUT2D eigenvalue weighted by atomic mass is 10.2.